The van der Waals surface area contributed by atoms with E-state index in [-0.39, 0.29) is 10.9 Å². The highest BCUT2D eigenvalue weighted by Crippen LogP contribution is 2.30. The summed E-state index contributed by atoms with van der Waals surface area (Å²) in [5.74, 6) is 0.695. The van der Waals surface area contributed by atoms with Crippen molar-refractivity contribution in [2.24, 2.45) is 0 Å². The second-order valence-corrected chi connectivity index (χ2v) is 8.78. The largest absolute Gasteiger partial charge is 0.367 e. The van der Waals surface area contributed by atoms with Gasteiger partial charge in [-0.05, 0) is 29.8 Å². The van der Waals surface area contributed by atoms with E-state index in [0.717, 1.165) is 17.4 Å². The molecule has 1 aromatic carbocycles. The summed E-state index contributed by atoms with van der Waals surface area (Å²) in [7, 11) is -3.38. The Morgan fingerprint density at radius 1 is 1.21 bits per heavy atom. The zero-order valence-electron chi connectivity index (χ0n) is 15.4. The van der Waals surface area contributed by atoms with E-state index >= 15 is 0 Å². The molecule has 1 aromatic heterocycles. The third-order valence-corrected chi connectivity index (χ3v) is 5.77. The minimum absolute atomic E-state index is 0.177. The lowest BCUT2D eigenvalue weighted by atomic mass is 10.1. The lowest BCUT2D eigenvalue weighted by Gasteiger charge is -2.39. The third kappa shape index (κ3) is 3.50. The fraction of sp³-hybridized carbons (Fsp3) is 0.200. The molecule has 0 saturated heterocycles. The fourth-order valence-corrected chi connectivity index (χ4v) is 4.00. The van der Waals surface area contributed by atoms with Crippen LogP contribution in [0.25, 0.3) is 0 Å². The third-order valence-electron chi connectivity index (χ3n) is 4.66. The van der Waals surface area contributed by atoms with Gasteiger partial charge in [-0.15, -0.1) is 0 Å². The maximum atomic E-state index is 13.3. The van der Waals surface area contributed by atoms with Crippen molar-refractivity contribution >= 4 is 21.6 Å². The lowest BCUT2D eigenvalue weighted by molar-refractivity contribution is 0.204. The van der Waals surface area contributed by atoms with Gasteiger partial charge in [-0.3, -0.25) is 4.98 Å². The maximum absolute atomic E-state index is 13.3. The minimum atomic E-state index is -3.38. The van der Waals surface area contributed by atoms with Gasteiger partial charge in [0.05, 0.1) is 17.1 Å². The molecule has 2 amide bonds. The molecule has 2 aliphatic heterocycles. The Morgan fingerprint density at radius 3 is 2.82 bits per heavy atom. The average molecular weight is 396 g/mol. The van der Waals surface area contributed by atoms with Gasteiger partial charge in [0.25, 0.3) is 0 Å². The number of nitrogens with zero attached hydrogens (tertiary/aromatic N) is 3. The number of amides is 2. The van der Waals surface area contributed by atoms with E-state index in [1.54, 1.807) is 34.3 Å². The Balaban J connectivity index is 1.76. The zero-order chi connectivity index (χ0) is 19.7. The first-order chi connectivity index (χ1) is 13.4. The Bertz CT molecular complexity index is 1080. The zero-order valence-corrected chi connectivity index (χ0v) is 16.2. The summed E-state index contributed by atoms with van der Waals surface area (Å²) < 4.78 is 24.0. The highest BCUT2D eigenvalue weighted by molar-refractivity contribution is 7.90. The molecule has 8 heteroatoms. The summed E-state index contributed by atoms with van der Waals surface area (Å²) >= 11 is 0. The van der Waals surface area contributed by atoms with E-state index in [9.17, 15) is 13.2 Å². The SMILES string of the molecule is CS(=O)(=O)c1cccc(N2C(=O)N(Cc3cccnc3)CC3=C2NCC=C3)c1. The summed E-state index contributed by atoms with van der Waals surface area (Å²) in [6.45, 7) is 1.49. The van der Waals surface area contributed by atoms with Crippen molar-refractivity contribution in [2.75, 3.05) is 24.2 Å². The fourth-order valence-electron chi connectivity index (χ4n) is 3.34. The molecule has 144 valence electrons. The van der Waals surface area contributed by atoms with Gasteiger partial charge in [0.15, 0.2) is 9.84 Å². The van der Waals surface area contributed by atoms with Gasteiger partial charge >= 0.3 is 6.03 Å². The first kappa shape index (κ1) is 18.2. The van der Waals surface area contributed by atoms with Gasteiger partial charge in [0.1, 0.15) is 5.82 Å². The van der Waals surface area contributed by atoms with Crippen LogP contribution in [0.4, 0.5) is 10.5 Å². The van der Waals surface area contributed by atoms with Crippen LogP contribution in [0.1, 0.15) is 5.56 Å². The van der Waals surface area contributed by atoms with Crippen molar-refractivity contribution in [1.29, 1.82) is 0 Å². The van der Waals surface area contributed by atoms with Crippen LogP contribution in [0.15, 0.2) is 77.2 Å². The van der Waals surface area contributed by atoms with Crippen LogP contribution in [0.2, 0.25) is 0 Å². The van der Waals surface area contributed by atoms with Crippen molar-refractivity contribution in [3.63, 3.8) is 0 Å². The molecule has 0 spiro atoms. The highest BCUT2D eigenvalue weighted by Gasteiger charge is 2.34. The van der Waals surface area contributed by atoms with Crippen LogP contribution in [-0.4, -0.2) is 43.7 Å². The molecule has 3 heterocycles. The van der Waals surface area contributed by atoms with Crippen molar-refractivity contribution in [1.82, 2.24) is 15.2 Å². The number of carbonyl (C=O) groups is 1. The monoisotopic (exact) mass is 396 g/mol. The molecular formula is C20H20N4O3S. The number of dihydropyridines is 1. The standard InChI is InChI=1S/C20H20N4O3S/c1-28(26,27)18-8-2-7-17(11-18)24-19-16(6-4-10-22-19)14-23(20(24)25)13-15-5-3-9-21-12-15/h2-9,11-12,22H,10,13-14H2,1H3. The number of nitrogens with one attached hydrogen (secondary N) is 1. The number of aromatic nitrogens is 1. The lowest BCUT2D eigenvalue weighted by Crippen LogP contribution is -2.51. The van der Waals surface area contributed by atoms with E-state index in [1.807, 2.05) is 24.3 Å². The van der Waals surface area contributed by atoms with E-state index in [0.29, 0.717) is 31.1 Å². The molecule has 0 radical (unpaired) electrons. The number of rotatable bonds is 4. The number of hydrogen-bond donors (Lipinski definition) is 1. The summed E-state index contributed by atoms with van der Waals surface area (Å²) in [5.41, 5.74) is 2.41. The number of benzene rings is 1. The molecule has 0 saturated carbocycles. The maximum Gasteiger partial charge on any atom is 0.330 e. The summed E-state index contributed by atoms with van der Waals surface area (Å²) in [5, 5.41) is 3.25. The second kappa shape index (κ2) is 7.12. The molecule has 4 rings (SSSR count). The molecule has 0 bridgehead atoms. The van der Waals surface area contributed by atoms with Crippen molar-refractivity contribution < 1.29 is 13.2 Å². The average Bonchev–Trinajstić information content (AvgIpc) is 2.69. The summed E-state index contributed by atoms with van der Waals surface area (Å²) in [6, 6.07) is 10.0. The second-order valence-electron chi connectivity index (χ2n) is 6.76. The molecule has 28 heavy (non-hydrogen) atoms. The predicted octanol–water partition coefficient (Wildman–Crippen LogP) is 2.30. The number of anilines is 1. The van der Waals surface area contributed by atoms with Crippen molar-refractivity contribution in [2.45, 2.75) is 11.4 Å². The molecule has 0 unspecified atom stereocenters. The van der Waals surface area contributed by atoms with Gasteiger partial charge in [0, 0.05) is 37.3 Å². The van der Waals surface area contributed by atoms with Crippen LogP contribution >= 0.6 is 0 Å². The normalized spacial score (nSPS) is 16.8. The molecular weight excluding hydrogens is 376 g/mol. The quantitative estimate of drug-likeness (QED) is 0.858. The van der Waals surface area contributed by atoms with E-state index in [1.165, 1.54) is 12.1 Å². The smallest absolute Gasteiger partial charge is 0.330 e. The Hall–Kier alpha value is -3.13. The predicted molar refractivity (Wildman–Crippen MR) is 106 cm³/mol. The Labute approximate surface area is 163 Å². The number of urea groups is 1. The van der Waals surface area contributed by atoms with Crippen LogP contribution in [0.5, 0.6) is 0 Å². The molecule has 0 aliphatic carbocycles. The Kier molecular flexibility index (Phi) is 4.64. The van der Waals surface area contributed by atoms with E-state index in [4.69, 9.17) is 0 Å². The van der Waals surface area contributed by atoms with Crippen LogP contribution in [0, 0.1) is 0 Å². The van der Waals surface area contributed by atoms with Gasteiger partial charge in [-0.25, -0.2) is 18.1 Å². The van der Waals surface area contributed by atoms with E-state index in [2.05, 4.69) is 10.3 Å². The molecule has 2 aromatic rings. The van der Waals surface area contributed by atoms with Crippen LogP contribution < -0.4 is 10.2 Å². The van der Waals surface area contributed by atoms with Gasteiger partial charge in [0.2, 0.25) is 0 Å². The first-order valence-corrected chi connectivity index (χ1v) is 10.7. The van der Waals surface area contributed by atoms with Crippen LogP contribution in [0.3, 0.4) is 0 Å². The molecule has 7 nitrogen and oxygen atoms in total. The van der Waals surface area contributed by atoms with Gasteiger partial charge in [-0.2, -0.15) is 0 Å². The topological polar surface area (TPSA) is 82.6 Å². The van der Waals surface area contributed by atoms with Crippen molar-refractivity contribution in [3.8, 4) is 0 Å². The first-order valence-electron chi connectivity index (χ1n) is 8.85. The van der Waals surface area contributed by atoms with Crippen molar-refractivity contribution in [3.05, 3.63) is 77.9 Å². The van der Waals surface area contributed by atoms with Gasteiger partial charge < -0.3 is 10.2 Å². The minimum Gasteiger partial charge on any atom is -0.367 e. The van der Waals surface area contributed by atoms with Gasteiger partial charge in [-0.1, -0.05) is 24.3 Å². The highest BCUT2D eigenvalue weighted by atomic mass is 32.2. The molecule has 2 aliphatic rings. The number of carbonyl (C=O) groups excluding carboxylic acids is 1. The Morgan fingerprint density at radius 2 is 2.07 bits per heavy atom. The number of pyridine rings is 1. The number of sulfone groups is 1. The van der Waals surface area contributed by atoms with E-state index < -0.39 is 9.84 Å². The molecule has 0 atom stereocenters. The summed E-state index contributed by atoms with van der Waals surface area (Å²) in [4.78, 5) is 20.9. The number of hydrogen-bond acceptors (Lipinski definition) is 5. The molecule has 1 N–H and O–H groups in total. The molecule has 0 fully saturated rings. The van der Waals surface area contributed by atoms with Crippen LogP contribution in [-0.2, 0) is 16.4 Å². The summed E-state index contributed by atoms with van der Waals surface area (Å²) in [6.07, 6.45) is 8.59.